The van der Waals surface area contributed by atoms with Crippen molar-refractivity contribution in [2.75, 3.05) is 7.11 Å². The van der Waals surface area contributed by atoms with E-state index in [1.165, 1.54) is 0 Å². The topological polar surface area (TPSA) is 89.3 Å². The number of hydrogen-bond acceptors (Lipinski definition) is 7. The predicted octanol–water partition coefficient (Wildman–Crippen LogP) is 3.95. The molecule has 3 heterocycles. The van der Waals surface area contributed by atoms with Gasteiger partial charge in [-0.2, -0.15) is 0 Å². The molecular weight excluding hydrogens is 593 g/mol. The quantitative estimate of drug-likeness (QED) is 0.161. The number of methoxy groups -OCH3 is 1. The van der Waals surface area contributed by atoms with Crippen LogP contribution in [0.15, 0.2) is 90.1 Å². The van der Waals surface area contributed by atoms with Crippen LogP contribution in [0.5, 0.6) is 11.6 Å². The minimum atomic E-state index is -1.07. The summed E-state index contributed by atoms with van der Waals surface area (Å²) in [6.07, 6.45) is 3.88. The Bertz CT molecular complexity index is 1750. The number of carbonyl (C=O) groups excluding carboxylic acids is 1. The number of thioether (sulfide) groups is 1. The molecule has 228 valence electrons. The Labute approximate surface area is 291 Å². The molecule has 0 N–H and O–H groups in total. The minimum Gasteiger partial charge on any atom is -0.550 e. The van der Waals surface area contributed by atoms with E-state index in [1.54, 1.807) is 45.1 Å². The Morgan fingerprint density at radius 3 is 2.27 bits per heavy atom. The summed E-state index contributed by atoms with van der Waals surface area (Å²) in [5, 5.41) is 13.3. The van der Waals surface area contributed by atoms with Gasteiger partial charge in [-0.3, -0.25) is 4.98 Å². The number of carboxylic acids is 1. The molecule has 7 nitrogen and oxygen atoms in total. The smallest absolute Gasteiger partial charge is 0.550 e. The average Bonchev–Trinajstić information content (AvgIpc) is 3.26. The minimum absolute atomic E-state index is 0. The van der Waals surface area contributed by atoms with Gasteiger partial charge in [0.25, 0.3) is 0 Å². The molecular formula is C36H38N3NaO4S. The monoisotopic (exact) mass is 631 g/mol. The van der Waals surface area contributed by atoms with Crippen LogP contribution in [-0.4, -0.2) is 32.4 Å². The number of hydrogen-bond donors (Lipinski definition) is 0. The number of aromatic nitrogens is 3. The van der Waals surface area contributed by atoms with E-state index in [-0.39, 0.29) is 34.3 Å². The zero-order valence-electron chi connectivity index (χ0n) is 27.1. The van der Waals surface area contributed by atoms with Gasteiger partial charge in [0.15, 0.2) is 0 Å². The number of pyridine rings is 2. The van der Waals surface area contributed by atoms with Gasteiger partial charge >= 0.3 is 29.6 Å². The van der Waals surface area contributed by atoms with Gasteiger partial charge in [-0.15, -0.1) is 11.8 Å². The Morgan fingerprint density at radius 1 is 0.933 bits per heavy atom. The van der Waals surface area contributed by atoms with Crippen molar-refractivity contribution in [2.45, 2.75) is 63.8 Å². The van der Waals surface area contributed by atoms with E-state index in [0.717, 1.165) is 49.6 Å². The third-order valence-electron chi connectivity index (χ3n) is 7.35. The van der Waals surface area contributed by atoms with Crippen LogP contribution in [0.2, 0.25) is 0 Å². The van der Waals surface area contributed by atoms with Crippen LogP contribution in [0.25, 0.3) is 22.0 Å². The van der Waals surface area contributed by atoms with E-state index in [2.05, 4.69) is 71.7 Å². The van der Waals surface area contributed by atoms with Crippen molar-refractivity contribution in [2.24, 2.45) is 5.41 Å². The maximum Gasteiger partial charge on any atom is 1.00 e. The summed E-state index contributed by atoms with van der Waals surface area (Å²) in [5.74, 6) is 0.239. The Morgan fingerprint density at radius 2 is 1.67 bits per heavy atom. The zero-order valence-corrected chi connectivity index (χ0v) is 29.9. The maximum absolute atomic E-state index is 12.2. The number of nitrogens with zero attached hydrogens (tertiary/aromatic N) is 3. The number of carboxylic acid groups (broad SMARTS) is 1. The van der Waals surface area contributed by atoms with E-state index < -0.39 is 11.4 Å². The Balaban J connectivity index is 0.00000461. The van der Waals surface area contributed by atoms with Crippen LogP contribution in [0.1, 0.15) is 51.6 Å². The second-order valence-electron chi connectivity index (χ2n) is 12.5. The molecule has 0 bridgehead atoms. The maximum atomic E-state index is 12.2. The molecule has 0 aliphatic rings. The first-order chi connectivity index (χ1) is 20.9. The van der Waals surface area contributed by atoms with E-state index >= 15 is 0 Å². The molecule has 0 aliphatic carbocycles. The van der Waals surface area contributed by atoms with Crippen molar-refractivity contribution in [1.82, 2.24) is 14.5 Å². The van der Waals surface area contributed by atoms with Gasteiger partial charge < -0.3 is 23.9 Å². The number of rotatable bonds is 11. The number of ether oxygens (including phenoxy) is 2. The van der Waals surface area contributed by atoms with E-state index in [4.69, 9.17) is 9.47 Å². The third kappa shape index (κ3) is 8.50. The fourth-order valence-electron chi connectivity index (χ4n) is 5.01. The van der Waals surface area contributed by atoms with Crippen LogP contribution >= 0.6 is 11.8 Å². The fourth-order valence-corrected chi connectivity index (χ4v) is 6.20. The van der Waals surface area contributed by atoms with Crippen LogP contribution in [0, 0.1) is 5.41 Å². The molecule has 0 amide bonds. The Kier molecular flexibility index (Phi) is 11.1. The zero-order chi connectivity index (χ0) is 31.5. The molecule has 0 spiro atoms. The molecule has 3 aromatic heterocycles. The van der Waals surface area contributed by atoms with E-state index in [9.17, 15) is 9.90 Å². The molecule has 5 aromatic rings. The number of fused-ring (bicyclic) bond motifs is 1. The summed E-state index contributed by atoms with van der Waals surface area (Å²) in [4.78, 5) is 22.0. The first-order valence-electron chi connectivity index (χ1n) is 14.6. The molecule has 5 rings (SSSR count). The fraction of sp³-hybridized carbons (Fsp3) is 0.306. The second-order valence-corrected chi connectivity index (χ2v) is 14.3. The molecule has 0 saturated carbocycles. The van der Waals surface area contributed by atoms with Gasteiger partial charge in [-0.25, -0.2) is 4.98 Å². The summed E-state index contributed by atoms with van der Waals surface area (Å²) in [6, 6.07) is 24.1. The third-order valence-corrected chi connectivity index (χ3v) is 8.62. The molecule has 0 fully saturated rings. The molecule has 45 heavy (non-hydrogen) atoms. The summed E-state index contributed by atoms with van der Waals surface area (Å²) in [5.41, 5.74) is 4.93. The normalized spacial score (nSPS) is 11.7. The van der Waals surface area contributed by atoms with Crippen molar-refractivity contribution < 1.29 is 48.9 Å². The van der Waals surface area contributed by atoms with E-state index in [0.29, 0.717) is 25.5 Å². The number of benzene rings is 2. The summed E-state index contributed by atoms with van der Waals surface area (Å²) < 4.78 is 13.5. The molecule has 9 heteroatoms. The van der Waals surface area contributed by atoms with Crippen LogP contribution < -0.4 is 44.1 Å². The molecule has 0 saturated heterocycles. The standard InChI is InChI=1S/C36H39N3O4S.Na/c1-35(2,3)44-33-29-19-28(43-23-27-9-7-8-18-37-27)15-16-30(29)39(31(33)20-36(4,5)34(40)41)22-24-10-12-25(13-11-24)26-14-17-32(42-6)38-21-26;/h7-19,21H,20,22-23H2,1-6H3,(H,40,41);/q;+1/p-1. The first-order valence-corrected chi connectivity index (χ1v) is 15.4. The molecule has 0 unspecified atom stereocenters. The molecule has 0 radical (unpaired) electrons. The largest absolute Gasteiger partial charge is 1.00 e. The molecule has 2 aromatic carbocycles. The van der Waals surface area contributed by atoms with Gasteiger partial charge in [0, 0.05) is 68.2 Å². The van der Waals surface area contributed by atoms with E-state index in [1.807, 2.05) is 36.4 Å². The predicted molar refractivity (Wildman–Crippen MR) is 174 cm³/mol. The number of carbonyl (C=O) groups is 1. The first kappa shape index (κ1) is 34.6. The summed E-state index contributed by atoms with van der Waals surface area (Å²) >= 11 is 1.75. The van der Waals surface area contributed by atoms with Crippen molar-refractivity contribution >= 4 is 28.6 Å². The van der Waals surface area contributed by atoms with Gasteiger partial charge in [0.1, 0.15) is 12.4 Å². The van der Waals surface area contributed by atoms with Crippen LogP contribution in [-0.2, 0) is 24.4 Å². The van der Waals surface area contributed by atoms with Crippen molar-refractivity contribution in [3.8, 4) is 22.8 Å². The molecule has 0 atom stereocenters. The number of aliphatic carboxylic acids is 1. The van der Waals surface area contributed by atoms with Crippen molar-refractivity contribution in [3.63, 3.8) is 0 Å². The molecule has 0 aliphatic heterocycles. The van der Waals surface area contributed by atoms with Gasteiger partial charge in [0.05, 0.1) is 12.8 Å². The SMILES string of the molecule is COc1ccc(-c2ccc(Cn3c(CC(C)(C)C(=O)[O-])c(SC(C)(C)C)c4cc(OCc5ccccn5)ccc43)cc2)cn1.[Na+]. The second kappa shape index (κ2) is 14.4. The van der Waals surface area contributed by atoms with Crippen LogP contribution in [0.4, 0.5) is 0 Å². The Hall–Kier alpha value is -3.30. The summed E-state index contributed by atoms with van der Waals surface area (Å²) in [7, 11) is 1.60. The van der Waals surface area contributed by atoms with Crippen LogP contribution in [0.3, 0.4) is 0 Å². The van der Waals surface area contributed by atoms with Gasteiger partial charge in [-0.05, 0) is 53.9 Å². The van der Waals surface area contributed by atoms with Crippen molar-refractivity contribution in [3.05, 3.63) is 102 Å². The average molecular weight is 632 g/mol. The van der Waals surface area contributed by atoms with Crippen molar-refractivity contribution in [1.29, 1.82) is 0 Å². The van der Waals surface area contributed by atoms with Gasteiger partial charge in [-0.1, -0.05) is 65.0 Å². The van der Waals surface area contributed by atoms with Gasteiger partial charge in [0.2, 0.25) is 5.88 Å². The summed E-state index contributed by atoms with van der Waals surface area (Å²) in [6.45, 7) is 10.9.